The summed E-state index contributed by atoms with van der Waals surface area (Å²) >= 11 is 0. The number of aryl methyl sites for hydroxylation is 1. The minimum absolute atomic E-state index is 0.138. The number of amides is 1. The van der Waals surface area contributed by atoms with Gasteiger partial charge in [-0.2, -0.15) is 0 Å². The lowest BCUT2D eigenvalue weighted by atomic mass is 10.0. The van der Waals surface area contributed by atoms with Gasteiger partial charge in [0.2, 0.25) is 5.91 Å². The van der Waals surface area contributed by atoms with Gasteiger partial charge in [0.25, 0.3) is 0 Å². The first-order chi connectivity index (χ1) is 13.4. The van der Waals surface area contributed by atoms with Crippen molar-refractivity contribution in [2.75, 3.05) is 13.2 Å². The predicted molar refractivity (Wildman–Crippen MR) is 105 cm³/mol. The summed E-state index contributed by atoms with van der Waals surface area (Å²) in [4.78, 5) is 37.9. The van der Waals surface area contributed by atoms with Crippen LogP contribution in [0.1, 0.15) is 45.1 Å². The number of esters is 1. The molecule has 1 heterocycles. The molecule has 2 rings (SSSR count). The van der Waals surface area contributed by atoms with E-state index in [4.69, 9.17) is 9.84 Å². The van der Waals surface area contributed by atoms with Gasteiger partial charge in [-0.1, -0.05) is 30.3 Å². The molecule has 1 unspecified atom stereocenters. The zero-order chi connectivity index (χ0) is 20.5. The smallest absolute Gasteiger partial charge is 0.323 e. The highest BCUT2D eigenvalue weighted by atomic mass is 16.5. The molecule has 1 fully saturated rings. The number of likely N-dealkylation sites (tertiary alicyclic amines) is 1. The molecule has 1 aliphatic heterocycles. The van der Waals surface area contributed by atoms with Crippen molar-refractivity contribution in [2.24, 2.45) is 0 Å². The van der Waals surface area contributed by atoms with Crippen molar-refractivity contribution >= 4 is 17.8 Å². The summed E-state index contributed by atoms with van der Waals surface area (Å²) in [5, 5.41) is 12.3. The van der Waals surface area contributed by atoms with Crippen LogP contribution in [-0.2, 0) is 25.5 Å². The number of carbonyl (C=O) groups is 3. The van der Waals surface area contributed by atoms with Gasteiger partial charge in [-0.15, -0.1) is 0 Å². The zero-order valence-corrected chi connectivity index (χ0v) is 16.6. The van der Waals surface area contributed by atoms with Crippen molar-refractivity contribution in [1.82, 2.24) is 10.2 Å². The topological polar surface area (TPSA) is 95.9 Å². The largest absolute Gasteiger partial charge is 0.480 e. The van der Waals surface area contributed by atoms with Gasteiger partial charge in [-0.25, -0.2) is 0 Å². The van der Waals surface area contributed by atoms with Crippen molar-refractivity contribution in [3.8, 4) is 0 Å². The molecule has 2 N–H and O–H groups in total. The van der Waals surface area contributed by atoms with Crippen molar-refractivity contribution in [1.29, 1.82) is 0 Å². The van der Waals surface area contributed by atoms with Gasteiger partial charge in [-0.05, 0) is 51.5 Å². The molecule has 0 bridgehead atoms. The second-order valence-electron chi connectivity index (χ2n) is 7.19. The van der Waals surface area contributed by atoms with Crippen LogP contribution < -0.4 is 5.32 Å². The average molecular weight is 390 g/mol. The molecule has 7 nitrogen and oxygen atoms in total. The number of rotatable bonds is 9. The second kappa shape index (κ2) is 10.8. The van der Waals surface area contributed by atoms with E-state index < -0.39 is 18.1 Å². The molecule has 1 aromatic carbocycles. The quantitative estimate of drug-likeness (QED) is 0.626. The van der Waals surface area contributed by atoms with Gasteiger partial charge in [0.15, 0.2) is 0 Å². The Morgan fingerprint density at radius 2 is 2.00 bits per heavy atom. The summed E-state index contributed by atoms with van der Waals surface area (Å²) in [7, 11) is 0. The zero-order valence-electron chi connectivity index (χ0n) is 16.6. The van der Waals surface area contributed by atoms with E-state index in [9.17, 15) is 14.4 Å². The third-order valence-electron chi connectivity index (χ3n) is 5.07. The number of hydrogen-bond acceptors (Lipinski definition) is 5. The van der Waals surface area contributed by atoms with Crippen LogP contribution in [-0.4, -0.2) is 59.1 Å². The Balaban J connectivity index is 2.10. The number of hydrogen-bond donors (Lipinski definition) is 2. The van der Waals surface area contributed by atoms with Crippen LogP contribution >= 0.6 is 0 Å². The SMILES string of the molecule is CCOC(=O)[C@H](CCc1ccccc1)N[C@H]1CCCC(C)N(CC(=O)O)C1=O. The summed E-state index contributed by atoms with van der Waals surface area (Å²) in [5.74, 6) is -1.68. The van der Waals surface area contributed by atoms with E-state index >= 15 is 0 Å². The van der Waals surface area contributed by atoms with Crippen LogP contribution in [0.3, 0.4) is 0 Å². The molecule has 0 spiro atoms. The third kappa shape index (κ3) is 6.34. The van der Waals surface area contributed by atoms with Crippen molar-refractivity contribution in [3.05, 3.63) is 35.9 Å². The van der Waals surface area contributed by atoms with Gasteiger partial charge >= 0.3 is 11.9 Å². The number of carbonyl (C=O) groups excluding carboxylic acids is 2. The molecule has 1 saturated heterocycles. The number of benzene rings is 1. The molecular weight excluding hydrogens is 360 g/mol. The molecule has 0 saturated carbocycles. The Bertz CT molecular complexity index is 664. The van der Waals surface area contributed by atoms with Crippen molar-refractivity contribution in [3.63, 3.8) is 0 Å². The molecule has 154 valence electrons. The first-order valence-corrected chi connectivity index (χ1v) is 9.91. The Kier molecular flexibility index (Phi) is 8.44. The Labute approximate surface area is 166 Å². The highest BCUT2D eigenvalue weighted by Crippen LogP contribution is 2.19. The average Bonchev–Trinajstić information content (AvgIpc) is 2.79. The van der Waals surface area contributed by atoms with Crippen LogP contribution in [0.4, 0.5) is 0 Å². The van der Waals surface area contributed by atoms with E-state index in [1.807, 2.05) is 37.3 Å². The van der Waals surface area contributed by atoms with E-state index in [1.165, 1.54) is 4.90 Å². The number of aliphatic carboxylic acids is 1. The molecule has 3 atom stereocenters. The maximum absolute atomic E-state index is 12.9. The second-order valence-corrected chi connectivity index (χ2v) is 7.19. The fourth-order valence-electron chi connectivity index (χ4n) is 3.56. The van der Waals surface area contributed by atoms with Crippen LogP contribution in [0.15, 0.2) is 30.3 Å². The van der Waals surface area contributed by atoms with Gasteiger partial charge in [0, 0.05) is 6.04 Å². The van der Waals surface area contributed by atoms with E-state index in [0.717, 1.165) is 18.4 Å². The summed E-state index contributed by atoms with van der Waals surface area (Å²) in [6.07, 6.45) is 3.27. The maximum atomic E-state index is 12.9. The Morgan fingerprint density at radius 3 is 2.64 bits per heavy atom. The lowest BCUT2D eigenvalue weighted by Crippen LogP contribution is -2.53. The first-order valence-electron chi connectivity index (χ1n) is 9.91. The fraction of sp³-hybridized carbons (Fsp3) is 0.571. The van der Waals surface area contributed by atoms with E-state index in [2.05, 4.69) is 5.32 Å². The summed E-state index contributed by atoms with van der Waals surface area (Å²) < 4.78 is 5.19. The van der Waals surface area contributed by atoms with Crippen molar-refractivity contribution < 1.29 is 24.2 Å². The van der Waals surface area contributed by atoms with Gasteiger partial charge in [-0.3, -0.25) is 19.7 Å². The highest BCUT2D eigenvalue weighted by Gasteiger charge is 2.34. The molecule has 1 amide bonds. The molecule has 0 aromatic heterocycles. The number of ether oxygens (including phenoxy) is 1. The maximum Gasteiger partial charge on any atom is 0.323 e. The molecule has 1 aliphatic rings. The van der Waals surface area contributed by atoms with Crippen LogP contribution in [0, 0.1) is 0 Å². The lowest BCUT2D eigenvalue weighted by molar-refractivity contribution is -0.149. The number of nitrogens with zero attached hydrogens (tertiary/aromatic N) is 1. The van der Waals surface area contributed by atoms with Gasteiger partial charge in [0.05, 0.1) is 12.6 Å². The van der Waals surface area contributed by atoms with E-state index in [-0.39, 0.29) is 31.1 Å². The van der Waals surface area contributed by atoms with Crippen LogP contribution in [0.25, 0.3) is 0 Å². The molecule has 0 radical (unpaired) electrons. The van der Waals surface area contributed by atoms with Crippen LogP contribution in [0.5, 0.6) is 0 Å². The molecular formula is C21H30N2O5. The minimum Gasteiger partial charge on any atom is -0.480 e. The number of carboxylic acids is 1. The fourth-order valence-corrected chi connectivity index (χ4v) is 3.56. The first kappa shape index (κ1) is 21.9. The molecule has 7 heteroatoms. The van der Waals surface area contributed by atoms with Crippen molar-refractivity contribution in [2.45, 2.75) is 64.1 Å². The number of nitrogens with one attached hydrogen (secondary N) is 1. The van der Waals surface area contributed by atoms with Gasteiger partial charge < -0.3 is 14.7 Å². The predicted octanol–water partition coefficient (Wildman–Crippen LogP) is 1.99. The van der Waals surface area contributed by atoms with Crippen LogP contribution in [0.2, 0.25) is 0 Å². The van der Waals surface area contributed by atoms with E-state index in [0.29, 0.717) is 19.3 Å². The summed E-state index contributed by atoms with van der Waals surface area (Å²) in [6, 6.07) is 8.48. The number of carboxylic acid groups (broad SMARTS) is 1. The Hall–Kier alpha value is -2.41. The molecule has 28 heavy (non-hydrogen) atoms. The third-order valence-corrected chi connectivity index (χ3v) is 5.07. The lowest BCUT2D eigenvalue weighted by Gasteiger charge is -2.29. The highest BCUT2D eigenvalue weighted by molar-refractivity contribution is 5.86. The molecule has 1 aromatic rings. The van der Waals surface area contributed by atoms with E-state index in [1.54, 1.807) is 6.92 Å². The molecule has 0 aliphatic carbocycles. The summed E-state index contributed by atoms with van der Waals surface area (Å²) in [6.45, 7) is 3.55. The minimum atomic E-state index is -1.04. The normalized spacial score (nSPS) is 21.1. The monoisotopic (exact) mass is 390 g/mol. The standard InChI is InChI=1S/C21H30N2O5/c1-3-28-21(27)18(13-12-16-9-5-4-6-10-16)22-17-11-7-8-15(2)23(20(17)26)14-19(24)25/h4-6,9-10,15,17-18,22H,3,7-8,11-14H2,1-2H3,(H,24,25)/t15?,17-,18-/m0/s1. The van der Waals surface area contributed by atoms with Gasteiger partial charge in [0.1, 0.15) is 12.6 Å². The Morgan fingerprint density at radius 1 is 1.29 bits per heavy atom. The summed E-state index contributed by atoms with van der Waals surface area (Å²) in [5.41, 5.74) is 1.10.